The molecule has 0 spiro atoms. The second kappa shape index (κ2) is 5.52. The number of imidazole rings is 1. The van der Waals surface area contributed by atoms with E-state index in [-0.39, 0.29) is 12.3 Å². The Morgan fingerprint density at radius 2 is 2.00 bits per heavy atom. The van der Waals surface area contributed by atoms with E-state index in [0.29, 0.717) is 17.3 Å². The molecule has 0 radical (unpaired) electrons. The van der Waals surface area contributed by atoms with Crippen molar-refractivity contribution in [3.63, 3.8) is 0 Å². The molecule has 5 heteroatoms. The van der Waals surface area contributed by atoms with Crippen molar-refractivity contribution in [1.29, 1.82) is 0 Å². The van der Waals surface area contributed by atoms with Crippen LogP contribution in [-0.2, 0) is 13.6 Å². The van der Waals surface area contributed by atoms with Crippen molar-refractivity contribution in [3.05, 3.63) is 54.1 Å². The van der Waals surface area contributed by atoms with Gasteiger partial charge in [-0.3, -0.25) is 10.5 Å². The van der Waals surface area contributed by atoms with Crippen LogP contribution >= 0.6 is 0 Å². The molecule has 0 saturated carbocycles. The van der Waals surface area contributed by atoms with E-state index < -0.39 is 0 Å². The van der Waals surface area contributed by atoms with E-state index in [2.05, 4.69) is 0 Å². The second-order valence-corrected chi connectivity index (χ2v) is 5.15. The molecule has 0 atom stereocenters. The minimum atomic E-state index is -0.00745. The molecule has 1 aromatic heterocycles. The molecule has 3 rings (SSSR count). The lowest BCUT2D eigenvalue weighted by molar-refractivity contribution is -0.630. The van der Waals surface area contributed by atoms with Crippen LogP contribution in [0, 0.1) is 0 Å². The largest absolute Gasteiger partial charge is 0.497 e. The molecule has 0 bridgehead atoms. The molecule has 112 valence electrons. The Morgan fingerprint density at radius 3 is 2.77 bits per heavy atom. The highest BCUT2D eigenvalue weighted by Gasteiger charge is 2.21. The van der Waals surface area contributed by atoms with Gasteiger partial charge in [0.2, 0.25) is 0 Å². The minimum absolute atomic E-state index is 0.00745. The van der Waals surface area contributed by atoms with Crippen LogP contribution < -0.4 is 15.0 Å². The van der Waals surface area contributed by atoms with E-state index in [1.54, 1.807) is 19.2 Å². The first-order chi connectivity index (χ1) is 10.6. The Kier molecular flexibility index (Phi) is 3.55. The van der Waals surface area contributed by atoms with Crippen LogP contribution in [-0.4, -0.2) is 17.5 Å². The topological polar surface area (TPSA) is 61.1 Å². The summed E-state index contributed by atoms with van der Waals surface area (Å²) >= 11 is 0. The summed E-state index contributed by atoms with van der Waals surface area (Å²) in [5.41, 5.74) is 8.70. The zero-order chi connectivity index (χ0) is 15.7. The van der Waals surface area contributed by atoms with Gasteiger partial charge in [-0.25, -0.2) is 9.13 Å². The van der Waals surface area contributed by atoms with Crippen LogP contribution in [0.15, 0.2) is 48.5 Å². The smallest absolute Gasteiger partial charge is 0.356 e. The van der Waals surface area contributed by atoms with Gasteiger partial charge in [0, 0.05) is 5.56 Å². The van der Waals surface area contributed by atoms with Crippen LogP contribution in [0.2, 0.25) is 0 Å². The molecule has 0 aliphatic rings. The molecule has 0 aliphatic carbocycles. The number of methoxy groups -OCH3 is 1. The van der Waals surface area contributed by atoms with E-state index in [1.165, 1.54) is 0 Å². The van der Waals surface area contributed by atoms with Crippen molar-refractivity contribution < 1.29 is 14.1 Å². The van der Waals surface area contributed by atoms with Gasteiger partial charge in [-0.2, -0.15) is 0 Å². The van der Waals surface area contributed by atoms with Crippen molar-refractivity contribution in [2.75, 3.05) is 12.8 Å². The second-order valence-electron chi connectivity index (χ2n) is 5.15. The maximum Gasteiger partial charge on any atom is 0.356 e. The number of rotatable bonds is 4. The van der Waals surface area contributed by atoms with Crippen molar-refractivity contribution >= 4 is 22.8 Å². The predicted molar refractivity (Wildman–Crippen MR) is 84.9 cm³/mol. The number of nitrogens with two attached hydrogens (primary N) is 1. The fourth-order valence-corrected chi connectivity index (χ4v) is 2.60. The summed E-state index contributed by atoms with van der Waals surface area (Å²) in [6.07, 6.45) is 0. The van der Waals surface area contributed by atoms with Gasteiger partial charge in [0.25, 0.3) is 0 Å². The Labute approximate surface area is 128 Å². The highest BCUT2D eigenvalue weighted by atomic mass is 16.5. The molecule has 0 unspecified atom stereocenters. The molecular weight excluding hydrogens is 278 g/mol. The van der Waals surface area contributed by atoms with E-state index in [0.717, 1.165) is 11.0 Å². The zero-order valence-electron chi connectivity index (χ0n) is 12.6. The Hall–Kier alpha value is -2.82. The van der Waals surface area contributed by atoms with Crippen molar-refractivity contribution in [1.82, 2.24) is 4.57 Å². The number of aryl methyl sites for hydroxylation is 1. The quantitative estimate of drug-likeness (QED) is 0.591. The third-order valence-corrected chi connectivity index (χ3v) is 3.85. The molecule has 5 nitrogen and oxygen atoms in total. The molecule has 0 amide bonds. The molecule has 0 fully saturated rings. The average Bonchev–Trinajstić information content (AvgIpc) is 2.80. The predicted octanol–water partition coefficient (Wildman–Crippen LogP) is 1.94. The molecule has 0 aliphatic heterocycles. The van der Waals surface area contributed by atoms with E-state index in [4.69, 9.17) is 10.5 Å². The number of hydrogen-bond acceptors (Lipinski definition) is 3. The number of hydrogen-bond donors (Lipinski definition) is 1. The van der Waals surface area contributed by atoms with Crippen molar-refractivity contribution in [3.8, 4) is 5.75 Å². The van der Waals surface area contributed by atoms with Gasteiger partial charge in [0.15, 0.2) is 5.78 Å². The maximum atomic E-state index is 12.5. The van der Waals surface area contributed by atoms with Crippen molar-refractivity contribution in [2.45, 2.75) is 6.54 Å². The van der Waals surface area contributed by atoms with Crippen LogP contribution in [0.4, 0.5) is 5.95 Å². The average molecular weight is 296 g/mol. The first-order valence-corrected chi connectivity index (χ1v) is 7.02. The summed E-state index contributed by atoms with van der Waals surface area (Å²) in [5.74, 6) is 1.21. The molecule has 22 heavy (non-hydrogen) atoms. The van der Waals surface area contributed by atoms with Crippen LogP contribution in [0.3, 0.4) is 0 Å². The number of nitrogen functional groups attached to an aromatic ring is 1. The van der Waals surface area contributed by atoms with Gasteiger partial charge in [0.05, 0.1) is 14.2 Å². The third kappa shape index (κ3) is 2.30. The number of carbonyl (C=O) groups is 1. The fraction of sp³-hybridized carbons (Fsp3) is 0.176. The highest BCUT2D eigenvalue weighted by molar-refractivity contribution is 5.97. The van der Waals surface area contributed by atoms with Gasteiger partial charge in [-0.15, -0.1) is 0 Å². The van der Waals surface area contributed by atoms with E-state index >= 15 is 0 Å². The standard InChI is InChI=1S/C17H17N3O2/c1-19-14-8-3-4-9-15(14)20(17(19)18)11-16(21)12-6-5-7-13(10-12)22-2/h3-10,18H,11H2,1-2H3/p+1. The van der Waals surface area contributed by atoms with Crippen LogP contribution in [0.1, 0.15) is 10.4 Å². The maximum absolute atomic E-state index is 12.5. The summed E-state index contributed by atoms with van der Waals surface area (Å²) in [5, 5.41) is 0. The fourth-order valence-electron chi connectivity index (χ4n) is 2.60. The lowest BCUT2D eigenvalue weighted by Crippen LogP contribution is -2.31. The van der Waals surface area contributed by atoms with Gasteiger partial charge in [-0.1, -0.05) is 24.3 Å². The van der Waals surface area contributed by atoms with Crippen LogP contribution in [0.5, 0.6) is 5.75 Å². The Bertz CT molecular complexity index is 852. The lowest BCUT2D eigenvalue weighted by atomic mass is 10.1. The normalized spacial score (nSPS) is 10.8. The molecule has 1 heterocycles. The van der Waals surface area contributed by atoms with Gasteiger partial charge >= 0.3 is 5.95 Å². The summed E-state index contributed by atoms with van der Waals surface area (Å²) in [6.45, 7) is 0.195. The SMILES string of the molecule is COc1cccc(C(=O)Cn2c(N)[n+](C)c3ccccc32)c1. The highest BCUT2D eigenvalue weighted by Crippen LogP contribution is 2.18. The first-order valence-electron chi connectivity index (χ1n) is 7.02. The Morgan fingerprint density at radius 1 is 1.23 bits per heavy atom. The van der Waals surface area contributed by atoms with Crippen LogP contribution in [0.25, 0.3) is 11.0 Å². The Balaban J connectivity index is 1.99. The molecule has 3 aromatic rings. The molecule has 2 N–H and O–H groups in total. The van der Waals surface area contributed by atoms with Gasteiger partial charge < -0.3 is 4.74 Å². The number of benzene rings is 2. The summed E-state index contributed by atoms with van der Waals surface area (Å²) in [6, 6.07) is 15.0. The number of fused-ring (bicyclic) bond motifs is 1. The number of anilines is 1. The summed E-state index contributed by atoms with van der Waals surface area (Å²) in [4.78, 5) is 12.5. The molecule has 2 aromatic carbocycles. The zero-order valence-corrected chi connectivity index (χ0v) is 12.6. The number of carbonyl (C=O) groups excluding carboxylic acids is 1. The minimum Gasteiger partial charge on any atom is -0.497 e. The summed E-state index contributed by atoms with van der Waals surface area (Å²) < 4.78 is 8.88. The number of Topliss-reactive ketones (excluding diaryl/α,β-unsaturated/α-hetero) is 1. The molecular formula is C17H18N3O2+. The van der Waals surface area contributed by atoms with Crippen molar-refractivity contribution in [2.24, 2.45) is 7.05 Å². The first kappa shape index (κ1) is 14.1. The number of para-hydroxylation sites is 2. The van der Waals surface area contributed by atoms with Gasteiger partial charge in [0.1, 0.15) is 23.3 Å². The third-order valence-electron chi connectivity index (χ3n) is 3.85. The number of ether oxygens (including phenoxy) is 1. The number of ketones is 1. The van der Waals surface area contributed by atoms with Gasteiger partial charge in [-0.05, 0) is 24.3 Å². The number of aromatic nitrogens is 2. The summed E-state index contributed by atoms with van der Waals surface area (Å²) in [7, 11) is 3.48. The molecule has 0 saturated heterocycles. The number of nitrogens with zero attached hydrogens (tertiary/aromatic N) is 2. The van der Waals surface area contributed by atoms with E-state index in [1.807, 2.05) is 52.6 Å². The van der Waals surface area contributed by atoms with E-state index in [9.17, 15) is 4.79 Å². The lowest BCUT2D eigenvalue weighted by Gasteiger charge is -2.04. The monoisotopic (exact) mass is 296 g/mol.